The fourth-order valence-electron chi connectivity index (χ4n) is 1.06. The van der Waals surface area contributed by atoms with Gasteiger partial charge < -0.3 is 0 Å². The third kappa shape index (κ3) is 5.82. The Hall–Kier alpha value is -0.350. The molecular formula is C9H19NO2S. The molecule has 0 aromatic carbocycles. The molecule has 0 aliphatic carbocycles. The van der Waals surface area contributed by atoms with E-state index in [1.165, 1.54) is 16.1 Å². The third-order valence-corrected chi connectivity index (χ3v) is 3.13. The number of sulfonamides is 1. The predicted molar refractivity (Wildman–Crippen MR) is 56.1 cm³/mol. The molecule has 0 radical (unpaired) electrons. The second kappa shape index (κ2) is 5.40. The molecule has 0 rings (SSSR count). The molecule has 0 aromatic rings. The zero-order valence-electron chi connectivity index (χ0n) is 8.87. The van der Waals surface area contributed by atoms with Crippen LogP contribution in [0.1, 0.15) is 27.2 Å². The first kappa shape index (κ1) is 12.7. The van der Waals surface area contributed by atoms with Crippen LogP contribution in [0.15, 0.2) is 11.6 Å². The van der Waals surface area contributed by atoms with Crippen LogP contribution in [0, 0.1) is 0 Å². The van der Waals surface area contributed by atoms with Crippen molar-refractivity contribution in [3.63, 3.8) is 0 Å². The van der Waals surface area contributed by atoms with Crippen molar-refractivity contribution in [2.75, 3.05) is 19.3 Å². The maximum Gasteiger partial charge on any atom is 0.211 e. The summed E-state index contributed by atoms with van der Waals surface area (Å²) < 4.78 is 23.8. The Morgan fingerprint density at radius 3 is 2.23 bits per heavy atom. The number of hydrogen-bond donors (Lipinski definition) is 0. The maximum atomic E-state index is 11.1. The highest BCUT2D eigenvalue weighted by Gasteiger charge is 2.12. The van der Waals surface area contributed by atoms with E-state index >= 15 is 0 Å². The largest absolute Gasteiger partial charge is 0.213 e. The Morgan fingerprint density at radius 2 is 1.92 bits per heavy atom. The average molecular weight is 205 g/mol. The van der Waals surface area contributed by atoms with E-state index in [2.05, 4.69) is 0 Å². The highest BCUT2D eigenvalue weighted by molar-refractivity contribution is 7.88. The van der Waals surface area contributed by atoms with Gasteiger partial charge in [-0.15, -0.1) is 0 Å². The van der Waals surface area contributed by atoms with E-state index in [-0.39, 0.29) is 0 Å². The first-order valence-electron chi connectivity index (χ1n) is 4.46. The lowest BCUT2D eigenvalue weighted by Gasteiger charge is -2.16. The molecule has 4 heteroatoms. The van der Waals surface area contributed by atoms with Gasteiger partial charge in [0.2, 0.25) is 10.0 Å². The van der Waals surface area contributed by atoms with Gasteiger partial charge in [0.15, 0.2) is 0 Å². The first-order chi connectivity index (χ1) is 5.88. The summed E-state index contributed by atoms with van der Waals surface area (Å²) in [6.45, 7) is 7.01. The van der Waals surface area contributed by atoms with Crippen molar-refractivity contribution in [1.29, 1.82) is 0 Å². The van der Waals surface area contributed by atoms with Gasteiger partial charge in [-0.05, 0) is 20.3 Å². The molecule has 0 aromatic heterocycles. The summed E-state index contributed by atoms with van der Waals surface area (Å²) in [5.41, 5.74) is 1.23. The van der Waals surface area contributed by atoms with E-state index in [0.29, 0.717) is 13.1 Å². The predicted octanol–water partition coefficient (Wildman–Crippen LogP) is 1.62. The Morgan fingerprint density at radius 1 is 1.38 bits per heavy atom. The Bertz CT molecular complexity index is 263. The van der Waals surface area contributed by atoms with Crippen LogP contribution in [0.5, 0.6) is 0 Å². The Labute approximate surface area is 81.5 Å². The average Bonchev–Trinajstić information content (AvgIpc) is 1.95. The Kier molecular flexibility index (Phi) is 5.25. The number of hydrogen-bond acceptors (Lipinski definition) is 2. The van der Waals surface area contributed by atoms with Crippen LogP contribution in [0.2, 0.25) is 0 Å². The van der Waals surface area contributed by atoms with Crippen molar-refractivity contribution >= 4 is 10.0 Å². The third-order valence-electron chi connectivity index (χ3n) is 1.75. The molecule has 78 valence electrons. The van der Waals surface area contributed by atoms with Crippen molar-refractivity contribution in [2.24, 2.45) is 0 Å². The fraction of sp³-hybridized carbons (Fsp3) is 0.778. The second-order valence-electron chi connectivity index (χ2n) is 3.32. The molecule has 0 saturated carbocycles. The van der Waals surface area contributed by atoms with Gasteiger partial charge in [-0.3, -0.25) is 0 Å². The number of nitrogens with zero attached hydrogens (tertiary/aromatic N) is 1. The Balaban J connectivity index is 4.10. The van der Waals surface area contributed by atoms with Crippen LogP contribution >= 0.6 is 0 Å². The normalized spacial score (nSPS) is 11.8. The van der Waals surface area contributed by atoms with Crippen LogP contribution in [0.3, 0.4) is 0 Å². The lowest BCUT2D eigenvalue weighted by molar-refractivity contribution is 0.438. The fourth-order valence-corrected chi connectivity index (χ4v) is 1.96. The van der Waals surface area contributed by atoms with Gasteiger partial charge in [-0.1, -0.05) is 18.6 Å². The quantitative estimate of drug-likeness (QED) is 0.640. The number of rotatable bonds is 5. The van der Waals surface area contributed by atoms with Crippen molar-refractivity contribution in [2.45, 2.75) is 27.2 Å². The molecule has 13 heavy (non-hydrogen) atoms. The molecule has 0 heterocycles. The minimum absolute atomic E-state index is 0.551. The molecule has 0 fully saturated rings. The first-order valence-corrected chi connectivity index (χ1v) is 6.31. The molecule has 0 saturated heterocycles. The van der Waals surface area contributed by atoms with Crippen LogP contribution in [0.25, 0.3) is 0 Å². The van der Waals surface area contributed by atoms with Gasteiger partial charge in [0, 0.05) is 13.1 Å². The smallest absolute Gasteiger partial charge is 0.211 e. The van der Waals surface area contributed by atoms with Crippen LogP contribution in [0.4, 0.5) is 0 Å². The van der Waals surface area contributed by atoms with Crippen molar-refractivity contribution in [1.82, 2.24) is 4.31 Å². The highest BCUT2D eigenvalue weighted by atomic mass is 32.2. The zero-order chi connectivity index (χ0) is 10.5. The molecule has 0 N–H and O–H groups in total. The zero-order valence-corrected chi connectivity index (χ0v) is 9.69. The van der Waals surface area contributed by atoms with Gasteiger partial charge in [0.1, 0.15) is 0 Å². The lowest BCUT2D eigenvalue weighted by atomic mass is 10.3. The standard InChI is InChI=1S/C9H19NO2S/c1-5-10(13(4,11)12)8-6-7-9(2)3/h7H,5-6,8H2,1-4H3. The minimum Gasteiger partial charge on any atom is -0.213 e. The van der Waals surface area contributed by atoms with Crippen LogP contribution in [-0.2, 0) is 10.0 Å². The van der Waals surface area contributed by atoms with E-state index in [1.807, 2.05) is 26.8 Å². The van der Waals surface area contributed by atoms with Gasteiger partial charge in [-0.2, -0.15) is 0 Å². The molecule has 0 aliphatic rings. The molecule has 3 nitrogen and oxygen atoms in total. The van der Waals surface area contributed by atoms with Crippen LogP contribution in [-0.4, -0.2) is 32.1 Å². The molecule has 0 amide bonds. The van der Waals surface area contributed by atoms with Gasteiger partial charge in [0.25, 0.3) is 0 Å². The van der Waals surface area contributed by atoms with Gasteiger partial charge >= 0.3 is 0 Å². The molecule has 0 spiro atoms. The second-order valence-corrected chi connectivity index (χ2v) is 5.31. The van der Waals surface area contributed by atoms with Gasteiger partial charge in [-0.25, -0.2) is 12.7 Å². The maximum absolute atomic E-state index is 11.1. The monoisotopic (exact) mass is 205 g/mol. The molecule has 0 aliphatic heterocycles. The summed E-state index contributed by atoms with van der Waals surface area (Å²) in [6, 6.07) is 0. The van der Waals surface area contributed by atoms with Crippen LogP contribution < -0.4 is 0 Å². The summed E-state index contributed by atoms with van der Waals surface area (Å²) in [6.07, 6.45) is 4.09. The summed E-state index contributed by atoms with van der Waals surface area (Å²) in [5.74, 6) is 0. The van der Waals surface area contributed by atoms with Gasteiger partial charge in [0.05, 0.1) is 6.26 Å². The summed E-state index contributed by atoms with van der Waals surface area (Å²) in [5, 5.41) is 0. The molecule has 0 bridgehead atoms. The summed E-state index contributed by atoms with van der Waals surface area (Å²) in [7, 11) is -3.01. The van der Waals surface area contributed by atoms with Crippen molar-refractivity contribution < 1.29 is 8.42 Å². The molecular weight excluding hydrogens is 186 g/mol. The molecule has 0 atom stereocenters. The van der Waals surface area contributed by atoms with E-state index in [0.717, 1.165) is 6.42 Å². The topological polar surface area (TPSA) is 37.4 Å². The molecule has 0 unspecified atom stereocenters. The van der Waals surface area contributed by atoms with Crippen molar-refractivity contribution in [3.05, 3.63) is 11.6 Å². The van der Waals surface area contributed by atoms with E-state index in [4.69, 9.17) is 0 Å². The van der Waals surface area contributed by atoms with E-state index in [9.17, 15) is 8.42 Å². The summed E-state index contributed by atoms with van der Waals surface area (Å²) in [4.78, 5) is 0. The SMILES string of the molecule is CCN(CCC=C(C)C)S(C)(=O)=O. The van der Waals surface area contributed by atoms with Crippen molar-refractivity contribution in [3.8, 4) is 0 Å². The number of allylic oxidation sites excluding steroid dienone is 1. The minimum atomic E-state index is -3.01. The highest BCUT2D eigenvalue weighted by Crippen LogP contribution is 2.01. The van der Waals surface area contributed by atoms with E-state index in [1.54, 1.807) is 0 Å². The lowest BCUT2D eigenvalue weighted by Crippen LogP contribution is -2.30. The van der Waals surface area contributed by atoms with E-state index < -0.39 is 10.0 Å². The summed E-state index contributed by atoms with van der Waals surface area (Å²) >= 11 is 0.